The quantitative estimate of drug-likeness (QED) is 0.843. The monoisotopic (exact) mass is 232 g/mol. The van der Waals surface area contributed by atoms with Crippen molar-refractivity contribution in [3.8, 4) is 0 Å². The number of nitrogens with zero attached hydrogens (tertiary/aromatic N) is 1. The van der Waals surface area contributed by atoms with Crippen molar-refractivity contribution < 1.29 is 0 Å². The predicted molar refractivity (Wildman–Crippen MR) is 75.9 cm³/mol. The second-order valence-corrected chi connectivity index (χ2v) is 4.26. The van der Waals surface area contributed by atoms with Crippen LogP contribution in [0, 0.1) is 0 Å². The molecule has 0 aromatic heterocycles. The molecule has 94 valence electrons. The van der Waals surface area contributed by atoms with Crippen LogP contribution >= 0.6 is 0 Å². The van der Waals surface area contributed by atoms with Gasteiger partial charge in [0.1, 0.15) is 0 Å². The summed E-state index contributed by atoms with van der Waals surface area (Å²) >= 11 is 0. The number of nitrogens with one attached hydrogen (secondary N) is 1. The maximum Gasteiger partial charge on any atom is 0.0367 e. The van der Waals surface area contributed by atoms with Crippen LogP contribution < -0.4 is 5.32 Å². The van der Waals surface area contributed by atoms with Crippen molar-refractivity contribution in [1.82, 2.24) is 10.2 Å². The molecule has 1 aliphatic rings. The molecule has 0 bridgehead atoms. The van der Waals surface area contributed by atoms with E-state index < -0.39 is 0 Å². The summed E-state index contributed by atoms with van der Waals surface area (Å²) in [5.41, 5.74) is 2.38. The second-order valence-electron chi connectivity index (χ2n) is 4.26. The second kappa shape index (κ2) is 7.91. The van der Waals surface area contributed by atoms with Crippen LogP contribution in [0.2, 0.25) is 0 Å². The Morgan fingerprint density at radius 2 is 1.71 bits per heavy atom. The van der Waals surface area contributed by atoms with Crippen LogP contribution in [0.3, 0.4) is 0 Å². The first kappa shape index (κ1) is 13.8. The van der Waals surface area contributed by atoms with Crippen molar-refractivity contribution in [3.05, 3.63) is 42.5 Å². The minimum atomic E-state index is 1.06. The first-order valence-corrected chi connectivity index (χ1v) is 6.49. The zero-order chi connectivity index (χ0) is 12.5. The Kier molecular flexibility index (Phi) is 6.41. The number of piperazine rings is 1. The van der Waals surface area contributed by atoms with E-state index in [-0.39, 0.29) is 0 Å². The van der Waals surface area contributed by atoms with E-state index in [9.17, 15) is 0 Å². The topological polar surface area (TPSA) is 15.3 Å². The normalized spacial score (nSPS) is 14.8. The molecular formula is C15H24N2. The van der Waals surface area contributed by atoms with Crippen LogP contribution in [0.4, 0.5) is 0 Å². The number of hydrogen-bond acceptors (Lipinski definition) is 2. The lowest BCUT2D eigenvalue weighted by Crippen LogP contribution is -2.42. The van der Waals surface area contributed by atoms with Gasteiger partial charge in [0.05, 0.1) is 0 Å². The third-order valence-corrected chi connectivity index (χ3v) is 2.61. The fraction of sp³-hybridized carbons (Fsp3) is 0.467. The highest BCUT2D eigenvalue weighted by molar-refractivity contribution is 5.61. The SMILES string of the molecule is C=C(c1ccccc1)N1CCNCC1.CCC. The molecule has 1 aromatic rings. The maximum absolute atomic E-state index is 4.15. The lowest BCUT2D eigenvalue weighted by atomic mass is 10.1. The molecule has 1 fully saturated rings. The first-order valence-electron chi connectivity index (χ1n) is 6.49. The summed E-state index contributed by atoms with van der Waals surface area (Å²) in [6.45, 7) is 12.6. The van der Waals surface area contributed by atoms with Gasteiger partial charge in [-0.05, 0) is 5.56 Å². The average Bonchev–Trinajstić information content (AvgIpc) is 2.41. The third kappa shape index (κ3) is 4.61. The van der Waals surface area contributed by atoms with Gasteiger partial charge in [-0.25, -0.2) is 0 Å². The highest BCUT2D eigenvalue weighted by Crippen LogP contribution is 2.16. The van der Waals surface area contributed by atoms with Gasteiger partial charge in [0.15, 0.2) is 0 Å². The fourth-order valence-electron chi connectivity index (χ4n) is 1.75. The van der Waals surface area contributed by atoms with Gasteiger partial charge in [-0.1, -0.05) is 57.2 Å². The van der Waals surface area contributed by atoms with E-state index in [1.54, 1.807) is 0 Å². The lowest BCUT2D eigenvalue weighted by molar-refractivity contribution is 0.341. The van der Waals surface area contributed by atoms with E-state index in [1.165, 1.54) is 12.0 Å². The smallest absolute Gasteiger partial charge is 0.0367 e. The van der Waals surface area contributed by atoms with E-state index >= 15 is 0 Å². The fourth-order valence-corrected chi connectivity index (χ4v) is 1.75. The first-order chi connectivity index (χ1) is 8.29. The van der Waals surface area contributed by atoms with Crippen molar-refractivity contribution in [1.29, 1.82) is 0 Å². The van der Waals surface area contributed by atoms with E-state index in [1.807, 2.05) is 6.07 Å². The molecule has 1 saturated heterocycles. The van der Waals surface area contributed by atoms with Crippen molar-refractivity contribution in [2.45, 2.75) is 20.3 Å². The van der Waals surface area contributed by atoms with Crippen LogP contribution in [0.15, 0.2) is 36.9 Å². The van der Waals surface area contributed by atoms with Gasteiger partial charge in [0.25, 0.3) is 0 Å². The molecule has 0 saturated carbocycles. The molecule has 0 atom stereocenters. The summed E-state index contributed by atoms with van der Waals surface area (Å²) in [5, 5.41) is 3.34. The Balaban J connectivity index is 0.000000437. The summed E-state index contributed by atoms with van der Waals surface area (Å²) < 4.78 is 0. The molecule has 1 aliphatic heterocycles. The van der Waals surface area contributed by atoms with Crippen molar-refractivity contribution >= 4 is 5.70 Å². The van der Waals surface area contributed by atoms with Gasteiger partial charge >= 0.3 is 0 Å². The molecule has 1 aromatic carbocycles. The highest BCUT2D eigenvalue weighted by Gasteiger charge is 2.11. The summed E-state index contributed by atoms with van der Waals surface area (Å²) in [6.07, 6.45) is 1.25. The van der Waals surface area contributed by atoms with Gasteiger partial charge in [0, 0.05) is 31.9 Å². The van der Waals surface area contributed by atoms with E-state index in [0.29, 0.717) is 0 Å². The average molecular weight is 232 g/mol. The van der Waals surface area contributed by atoms with Gasteiger partial charge < -0.3 is 10.2 Å². The molecule has 1 N–H and O–H groups in total. The van der Waals surface area contributed by atoms with Crippen LogP contribution in [-0.4, -0.2) is 31.1 Å². The zero-order valence-electron chi connectivity index (χ0n) is 11.1. The van der Waals surface area contributed by atoms with E-state index in [2.05, 4.69) is 54.9 Å². The molecule has 17 heavy (non-hydrogen) atoms. The summed E-state index contributed by atoms with van der Waals surface area (Å²) in [5.74, 6) is 0. The van der Waals surface area contributed by atoms with Crippen LogP contribution in [0.1, 0.15) is 25.8 Å². The summed E-state index contributed by atoms with van der Waals surface area (Å²) in [4.78, 5) is 2.34. The summed E-state index contributed by atoms with van der Waals surface area (Å²) in [7, 11) is 0. The number of hydrogen-bond donors (Lipinski definition) is 1. The van der Waals surface area contributed by atoms with E-state index in [0.717, 1.165) is 31.9 Å². The van der Waals surface area contributed by atoms with Gasteiger partial charge in [-0.3, -0.25) is 0 Å². The van der Waals surface area contributed by atoms with Crippen LogP contribution in [0.25, 0.3) is 5.70 Å². The Labute approximate surface area is 105 Å². The molecule has 2 nitrogen and oxygen atoms in total. The molecule has 1 heterocycles. The zero-order valence-corrected chi connectivity index (χ0v) is 11.1. The predicted octanol–water partition coefficient (Wildman–Crippen LogP) is 2.98. The van der Waals surface area contributed by atoms with Crippen LogP contribution in [-0.2, 0) is 0 Å². The minimum absolute atomic E-state index is 1.06. The van der Waals surface area contributed by atoms with Gasteiger partial charge in [-0.15, -0.1) is 0 Å². The molecule has 0 aliphatic carbocycles. The highest BCUT2D eigenvalue weighted by atomic mass is 15.2. The van der Waals surface area contributed by atoms with E-state index in [4.69, 9.17) is 0 Å². The minimum Gasteiger partial charge on any atom is -0.369 e. The van der Waals surface area contributed by atoms with Crippen molar-refractivity contribution in [2.75, 3.05) is 26.2 Å². The molecule has 0 unspecified atom stereocenters. The Bertz CT molecular complexity index is 313. The molecule has 2 rings (SSSR count). The Morgan fingerprint density at radius 3 is 2.24 bits per heavy atom. The maximum atomic E-state index is 4.15. The largest absolute Gasteiger partial charge is 0.369 e. The standard InChI is InChI=1S/C12H16N2.C3H8/c1-11(12-5-3-2-4-6-12)14-9-7-13-8-10-14;1-3-2/h2-6,13H,1,7-10H2;3H2,1-2H3. The van der Waals surface area contributed by atoms with Crippen molar-refractivity contribution in [3.63, 3.8) is 0 Å². The van der Waals surface area contributed by atoms with Gasteiger partial charge in [-0.2, -0.15) is 0 Å². The van der Waals surface area contributed by atoms with Crippen molar-refractivity contribution in [2.24, 2.45) is 0 Å². The lowest BCUT2D eigenvalue weighted by Gasteiger charge is -2.31. The molecule has 0 amide bonds. The Morgan fingerprint density at radius 1 is 1.18 bits per heavy atom. The van der Waals surface area contributed by atoms with Gasteiger partial charge in [0.2, 0.25) is 0 Å². The number of rotatable bonds is 2. The molecule has 2 heteroatoms. The van der Waals surface area contributed by atoms with Crippen LogP contribution in [0.5, 0.6) is 0 Å². The Hall–Kier alpha value is -1.28. The summed E-state index contributed by atoms with van der Waals surface area (Å²) in [6, 6.07) is 10.4. The number of benzene rings is 1. The molecule has 0 spiro atoms. The molecule has 0 radical (unpaired) electrons. The molecular weight excluding hydrogens is 208 g/mol. The third-order valence-electron chi connectivity index (χ3n) is 2.61.